The molecule has 0 saturated carbocycles. The van der Waals surface area contributed by atoms with Crippen LogP contribution in [0.5, 0.6) is 5.75 Å². The number of hydrogen-bond donors (Lipinski definition) is 5. The molecule has 7 heterocycles. The lowest BCUT2D eigenvalue weighted by Gasteiger charge is -2.42. The number of carbonyl (C=O) groups excluding carboxylic acids is 3. The Hall–Kier alpha value is -6.24. The molecule has 0 aliphatic carbocycles. The van der Waals surface area contributed by atoms with Crippen LogP contribution in [-0.4, -0.2) is 132 Å². The van der Waals surface area contributed by atoms with Crippen molar-refractivity contribution in [1.82, 2.24) is 45.6 Å². The number of nitrogens with one attached hydrogen (secondary N) is 2. The second kappa shape index (κ2) is 19.2. The van der Waals surface area contributed by atoms with Crippen molar-refractivity contribution >= 4 is 46.5 Å². The summed E-state index contributed by atoms with van der Waals surface area (Å²) in [5, 5.41) is 35.6. The number of piperidine rings is 1. The number of carbonyl (C=O) groups is 3. The molecule has 2 unspecified atom stereocenters. The van der Waals surface area contributed by atoms with Crippen LogP contribution >= 0.6 is 11.3 Å². The molecule has 2 bridgehead atoms. The lowest BCUT2D eigenvalue weighted by atomic mass is 9.85. The van der Waals surface area contributed by atoms with E-state index in [0.717, 1.165) is 77.7 Å². The third-order valence-corrected chi connectivity index (χ3v) is 14.8. The average Bonchev–Trinajstić information content (AvgIpc) is 4.01. The quantitative estimate of drug-likeness (QED) is 0.116. The predicted octanol–water partition coefficient (Wildman–Crippen LogP) is 4.50. The SMILES string of the molecule is Cc1ncsc1-c1ccc(CNC(=O)[C@@H]2C[C@@H](O)CN2C(=O)[C@@H](NC(=O)CN2CCC(c3cnc(N4C5CCC4CN(c4cc(-c6ccccc6O)nnc4N)C5)nc3)CC2)C(C)(C)C)cc1. The van der Waals surface area contributed by atoms with Crippen LogP contribution < -0.4 is 26.2 Å². The zero-order chi connectivity index (χ0) is 47.0. The number of β-amino-alcohol motifs (C(OH)–C–C–N with tert-alkyl or cyclic N) is 1. The number of aliphatic hydroxyl groups is 1. The van der Waals surface area contributed by atoms with E-state index >= 15 is 0 Å². The van der Waals surface area contributed by atoms with Gasteiger partial charge in [0.1, 0.15) is 17.8 Å². The molecule has 2 aromatic carbocycles. The fourth-order valence-electron chi connectivity index (χ4n) is 10.2. The van der Waals surface area contributed by atoms with Gasteiger partial charge in [-0.1, -0.05) is 57.2 Å². The summed E-state index contributed by atoms with van der Waals surface area (Å²) in [7, 11) is 0. The van der Waals surface area contributed by atoms with Gasteiger partial charge in [-0.2, -0.15) is 0 Å². The van der Waals surface area contributed by atoms with E-state index in [2.05, 4.69) is 40.5 Å². The maximum Gasteiger partial charge on any atom is 0.246 e. The minimum Gasteiger partial charge on any atom is -0.507 e. The van der Waals surface area contributed by atoms with E-state index in [9.17, 15) is 24.6 Å². The van der Waals surface area contributed by atoms with Crippen LogP contribution in [0.25, 0.3) is 21.7 Å². The zero-order valence-electron chi connectivity index (χ0n) is 38.5. The van der Waals surface area contributed by atoms with E-state index in [0.29, 0.717) is 30.2 Å². The number of anilines is 3. The number of aryl methyl sites for hydroxylation is 1. The van der Waals surface area contributed by atoms with E-state index in [1.165, 1.54) is 4.90 Å². The van der Waals surface area contributed by atoms with Crippen LogP contribution in [0.3, 0.4) is 0 Å². The van der Waals surface area contributed by atoms with Gasteiger partial charge in [-0.05, 0) is 91.9 Å². The number of likely N-dealkylation sites (tertiary alicyclic amines) is 2. The van der Waals surface area contributed by atoms with Crippen LogP contribution in [0.2, 0.25) is 0 Å². The highest BCUT2D eigenvalue weighted by Crippen LogP contribution is 2.39. The molecule has 3 aromatic heterocycles. The number of phenols is 1. The summed E-state index contributed by atoms with van der Waals surface area (Å²) in [6, 6.07) is 15.6. The Morgan fingerprint density at radius 2 is 1.63 bits per heavy atom. The molecule has 0 spiro atoms. The maximum atomic E-state index is 14.2. The number of nitrogens with two attached hydrogens (primary N) is 1. The second-order valence-electron chi connectivity index (χ2n) is 19.5. The molecule has 17 nitrogen and oxygen atoms in total. The molecule has 4 aliphatic rings. The molecule has 4 saturated heterocycles. The summed E-state index contributed by atoms with van der Waals surface area (Å²) >= 11 is 1.58. The van der Waals surface area contributed by atoms with Gasteiger partial charge in [0.25, 0.3) is 0 Å². The summed E-state index contributed by atoms with van der Waals surface area (Å²) in [5.41, 5.74) is 13.5. The topological polar surface area (TPSA) is 219 Å². The Labute approximate surface area is 394 Å². The Morgan fingerprint density at radius 1 is 0.925 bits per heavy atom. The predicted molar refractivity (Wildman–Crippen MR) is 257 cm³/mol. The van der Waals surface area contributed by atoms with Crippen LogP contribution in [-0.2, 0) is 20.9 Å². The number of nitrogens with zero attached hydrogens (tertiary/aromatic N) is 9. The van der Waals surface area contributed by atoms with Crippen LogP contribution in [0.1, 0.15) is 75.6 Å². The molecule has 4 aliphatic heterocycles. The molecule has 18 heteroatoms. The number of benzene rings is 2. The average molecular weight is 929 g/mol. The number of nitrogen functional groups attached to an aromatic ring is 1. The largest absolute Gasteiger partial charge is 0.507 e. The molecule has 5 atom stereocenters. The van der Waals surface area contributed by atoms with Crippen molar-refractivity contribution in [3.05, 3.63) is 89.3 Å². The first-order chi connectivity index (χ1) is 32.2. The fourth-order valence-corrected chi connectivity index (χ4v) is 11.0. The number of thiazole rings is 1. The summed E-state index contributed by atoms with van der Waals surface area (Å²) in [5.74, 6) is 0.497. The van der Waals surface area contributed by atoms with Crippen molar-refractivity contribution in [1.29, 1.82) is 0 Å². The third-order valence-electron chi connectivity index (χ3n) is 13.8. The highest BCUT2D eigenvalue weighted by Gasteiger charge is 2.45. The van der Waals surface area contributed by atoms with Crippen molar-refractivity contribution in [2.45, 2.75) is 103 Å². The standard InChI is InChI=1S/C49H60N12O5S/c1-29-43(67-28-54-29)32-11-9-30(10-12-32)21-51-46(65)40-19-36(62)26-60(40)47(66)44(49(2,3)4)55-42(64)27-58-17-15-31(16-18-58)33-22-52-48(53-23-33)61-34-13-14-35(61)25-59(24-34)39-20-38(56-57-45(39)50)37-7-5-6-8-41(37)63/h5-12,20,22-23,28,31,34-36,40,44,62-63H,13-19,21,24-27H2,1-4H3,(H2,50,57)(H,51,65)(H,55,64)/t34?,35?,36-,40+,44-/m1/s1. The molecule has 352 valence electrons. The number of piperazine rings is 1. The maximum absolute atomic E-state index is 14.2. The Balaban J connectivity index is 0.760. The number of para-hydroxylation sites is 1. The monoisotopic (exact) mass is 928 g/mol. The smallest absolute Gasteiger partial charge is 0.246 e. The van der Waals surface area contributed by atoms with E-state index in [1.54, 1.807) is 23.5 Å². The molecule has 9 rings (SSSR count). The molecule has 5 aromatic rings. The number of aromatic nitrogens is 5. The highest BCUT2D eigenvalue weighted by molar-refractivity contribution is 7.13. The molecular weight excluding hydrogens is 869 g/mol. The third kappa shape index (κ3) is 9.92. The van der Waals surface area contributed by atoms with Crippen LogP contribution in [0, 0.1) is 12.3 Å². The molecule has 3 amide bonds. The van der Waals surface area contributed by atoms with Gasteiger partial charge in [0.15, 0.2) is 5.82 Å². The Kier molecular flexibility index (Phi) is 13.1. The minimum atomic E-state index is -0.900. The van der Waals surface area contributed by atoms with Gasteiger partial charge in [0, 0.05) is 62.6 Å². The second-order valence-corrected chi connectivity index (χ2v) is 20.4. The number of rotatable bonds is 12. The van der Waals surface area contributed by atoms with Crippen LogP contribution in [0.4, 0.5) is 17.5 Å². The molecule has 0 radical (unpaired) electrons. The fraction of sp³-hybridized carbons (Fsp3) is 0.469. The molecular formula is C49H60N12O5S. The first-order valence-corrected chi connectivity index (χ1v) is 24.1. The molecule has 4 fully saturated rings. The van der Waals surface area contributed by atoms with Gasteiger partial charge >= 0.3 is 0 Å². The zero-order valence-corrected chi connectivity index (χ0v) is 39.3. The summed E-state index contributed by atoms with van der Waals surface area (Å²) < 4.78 is 0. The van der Waals surface area contributed by atoms with Crippen molar-refractivity contribution in [2.75, 3.05) is 54.8 Å². The molecule has 6 N–H and O–H groups in total. The van der Waals surface area contributed by atoms with E-state index in [-0.39, 0.29) is 67.5 Å². The number of phenolic OH excluding ortho intramolecular Hbond substituents is 1. The number of fused-ring (bicyclic) bond motifs is 2. The number of aromatic hydroxyl groups is 1. The summed E-state index contributed by atoms with van der Waals surface area (Å²) in [6.45, 7) is 11.0. The van der Waals surface area contributed by atoms with Gasteiger partial charge in [-0.15, -0.1) is 21.5 Å². The van der Waals surface area contributed by atoms with Crippen molar-refractivity contribution in [3.63, 3.8) is 0 Å². The van der Waals surface area contributed by atoms with Crippen LogP contribution in [0.15, 0.2) is 72.5 Å². The van der Waals surface area contributed by atoms with E-state index < -0.39 is 23.6 Å². The summed E-state index contributed by atoms with van der Waals surface area (Å²) in [4.78, 5) is 64.8. The number of aliphatic hydroxyl groups excluding tert-OH is 1. The molecule has 67 heavy (non-hydrogen) atoms. The van der Waals surface area contributed by atoms with E-state index in [1.807, 2.05) is 88.1 Å². The number of hydrogen-bond acceptors (Lipinski definition) is 15. The Morgan fingerprint density at radius 3 is 2.28 bits per heavy atom. The lowest BCUT2D eigenvalue weighted by Crippen LogP contribution is -2.58. The van der Waals surface area contributed by atoms with Crippen molar-refractivity contribution in [3.8, 4) is 27.4 Å². The first-order valence-electron chi connectivity index (χ1n) is 23.2. The minimum absolute atomic E-state index is 0.0156. The Bertz CT molecular complexity index is 2560. The first kappa shape index (κ1) is 45.9. The van der Waals surface area contributed by atoms with Gasteiger partial charge in [0.05, 0.1) is 40.1 Å². The van der Waals surface area contributed by atoms with Crippen molar-refractivity contribution < 1.29 is 24.6 Å². The van der Waals surface area contributed by atoms with Gasteiger partial charge in [-0.25, -0.2) is 15.0 Å². The van der Waals surface area contributed by atoms with E-state index in [4.69, 9.17) is 15.7 Å². The van der Waals surface area contributed by atoms with Gasteiger partial charge in [-0.3, -0.25) is 19.3 Å². The van der Waals surface area contributed by atoms with Gasteiger partial charge in [0.2, 0.25) is 23.7 Å². The summed E-state index contributed by atoms with van der Waals surface area (Å²) in [6.07, 6.45) is 6.88. The van der Waals surface area contributed by atoms with Gasteiger partial charge < -0.3 is 41.3 Å². The highest BCUT2D eigenvalue weighted by atomic mass is 32.1. The lowest BCUT2D eigenvalue weighted by molar-refractivity contribution is -0.144. The normalized spacial score (nSPS) is 21.7. The van der Waals surface area contributed by atoms with Crippen molar-refractivity contribution in [2.24, 2.45) is 5.41 Å². The number of amides is 3.